The van der Waals surface area contributed by atoms with E-state index in [0.29, 0.717) is 10.0 Å². The Kier molecular flexibility index (Phi) is 4.60. The van der Waals surface area contributed by atoms with Crippen molar-refractivity contribution in [1.29, 1.82) is 0 Å². The van der Waals surface area contributed by atoms with E-state index in [4.69, 9.17) is 0 Å². The zero-order valence-corrected chi connectivity index (χ0v) is 15.6. The Hall–Kier alpha value is -2.83. The fraction of sp³-hybridized carbons (Fsp3) is 0.0500. The quantitative estimate of drug-likeness (QED) is 0.511. The zero-order valence-electron chi connectivity index (χ0n) is 14.0. The van der Waals surface area contributed by atoms with Crippen LogP contribution in [0.1, 0.15) is 15.2 Å². The lowest BCUT2D eigenvalue weighted by Gasteiger charge is -2.04. The van der Waals surface area contributed by atoms with Crippen LogP contribution in [0.15, 0.2) is 65.5 Å². The van der Waals surface area contributed by atoms with Gasteiger partial charge in [0.05, 0.1) is 5.69 Å². The summed E-state index contributed by atoms with van der Waals surface area (Å²) in [5, 5.41) is 7.31. The van der Waals surface area contributed by atoms with E-state index in [1.165, 1.54) is 28.2 Å². The van der Waals surface area contributed by atoms with Crippen molar-refractivity contribution < 1.29 is 4.79 Å². The molecule has 4 aromatic rings. The minimum absolute atomic E-state index is 0.141. The summed E-state index contributed by atoms with van der Waals surface area (Å²) in [4.78, 5) is 22.2. The molecule has 0 aliphatic carbocycles. The van der Waals surface area contributed by atoms with E-state index >= 15 is 0 Å². The number of aromatic nitrogens is 2. The summed E-state index contributed by atoms with van der Waals surface area (Å²) in [6, 6.07) is 15.8. The number of benzene rings is 1. The third-order valence-corrected chi connectivity index (χ3v) is 5.56. The van der Waals surface area contributed by atoms with Gasteiger partial charge in [-0.15, -0.1) is 22.7 Å². The molecule has 0 fully saturated rings. The second-order valence-corrected chi connectivity index (χ2v) is 7.51. The number of thiophene rings is 1. The predicted molar refractivity (Wildman–Crippen MR) is 108 cm³/mol. The summed E-state index contributed by atoms with van der Waals surface area (Å²) in [7, 11) is 0. The fourth-order valence-corrected chi connectivity index (χ4v) is 4.07. The molecule has 4 nitrogen and oxygen atoms in total. The summed E-state index contributed by atoms with van der Waals surface area (Å²) in [5.74, 6) is -0.141. The van der Waals surface area contributed by atoms with Gasteiger partial charge in [0.1, 0.15) is 10.6 Å². The van der Waals surface area contributed by atoms with Gasteiger partial charge < -0.3 is 0 Å². The van der Waals surface area contributed by atoms with Crippen LogP contribution in [-0.2, 0) is 0 Å². The number of rotatable bonds is 4. The lowest BCUT2D eigenvalue weighted by Crippen LogP contribution is -2.11. The molecule has 1 N–H and O–H groups in total. The first kappa shape index (κ1) is 16.6. The topological polar surface area (TPSA) is 54.9 Å². The van der Waals surface area contributed by atoms with Crippen LogP contribution < -0.4 is 5.32 Å². The van der Waals surface area contributed by atoms with Gasteiger partial charge in [-0.3, -0.25) is 15.1 Å². The zero-order chi connectivity index (χ0) is 17.9. The molecule has 4 rings (SSSR count). The molecule has 1 amide bonds. The van der Waals surface area contributed by atoms with Gasteiger partial charge in [-0.25, -0.2) is 4.98 Å². The molecular formula is C20H15N3OS2. The number of hydrogen-bond donors (Lipinski definition) is 1. The number of pyridine rings is 1. The van der Waals surface area contributed by atoms with Gasteiger partial charge in [-0.2, -0.15) is 0 Å². The second-order valence-electron chi connectivity index (χ2n) is 5.74. The Balaban J connectivity index is 1.56. The fourth-order valence-electron chi connectivity index (χ4n) is 2.56. The average Bonchev–Trinajstić information content (AvgIpc) is 3.33. The van der Waals surface area contributed by atoms with Gasteiger partial charge in [0.2, 0.25) is 0 Å². The molecule has 0 bridgehead atoms. The van der Waals surface area contributed by atoms with E-state index in [-0.39, 0.29) is 5.91 Å². The van der Waals surface area contributed by atoms with Gasteiger partial charge in [0, 0.05) is 17.1 Å². The highest BCUT2D eigenvalue weighted by molar-refractivity contribution is 7.15. The molecule has 0 saturated carbocycles. The number of thiazole rings is 1. The van der Waals surface area contributed by atoms with Gasteiger partial charge >= 0.3 is 0 Å². The summed E-state index contributed by atoms with van der Waals surface area (Å²) in [6.07, 6.45) is 1.73. The normalized spacial score (nSPS) is 10.7. The molecule has 128 valence electrons. The van der Waals surface area contributed by atoms with Crippen LogP contribution in [0.2, 0.25) is 0 Å². The Morgan fingerprint density at radius 1 is 1.00 bits per heavy atom. The largest absolute Gasteiger partial charge is 0.297 e. The summed E-state index contributed by atoms with van der Waals surface area (Å²) in [6.45, 7) is 2.05. The maximum atomic E-state index is 12.7. The highest BCUT2D eigenvalue weighted by Gasteiger charge is 2.16. The van der Waals surface area contributed by atoms with Gasteiger partial charge in [0.15, 0.2) is 5.13 Å². The van der Waals surface area contributed by atoms with Crippen LogP contribution in [0.3, 0.4) is 0 Å². The lowest BCUT2D eigenvalue weighted by atomic mass is 10.0. The minimum Gasteiger partial charge on any atom is -0.297 e. The van der Waals surface area contributed by atoms with Crippen LogP contribution in [-0.4, -0.2) is 15.9 Å². The molecule has 0 saturated heterocycles. The highest BCUT2D eigenvalue weighted by atomic mass is 32.1. The predicted octanol–water partition coefficient (Wildman–Crippen LogP) is 5.49. The standard InChI is InChI=1S/C20H15N3OS2/c1-13-5-7-14(8-6-13)15-9-11-25-18(15)19(24)23-20-22-17(12-26-20)16-4-2-3-10-21-16/h2-12H,1H3,(H,22,23,24). The number of aryl methyl sites for hydroxylation is 1. The smallest absolute Gasteiger partial charge is 0.268 e. The first-order valence-corrected chi connectivity index (χ1v) is 9.79. The van der Waals surface area contributed by atoms with Crippen LogP contribution in [0.25, 0.3) is 22.5 Å². The molecule has 6 heteroatoms. The van der Waals surface area contributed by atoms with E-state index in [2.05, 4.69) is 27.4 Å². The van der Waals surface area contributed by atoms with Crippen LogP contribution in [0.4, 0.5) is 5.13 Å². The molecule has 26 heavy (non-hydrogen) atoms. The molecule has 1 aromatic carbocycles. The van der Waals surface area contributed by atoms with Gasteiger partial charge in [0.25, 0.3) is 5.91 Å². The van der Waals surface area contributed by atoms with Crippen LogP contribution >= 0.6 is 22.7 Å². The van der Waals surface area contributed by atoms with Gasteiger partial charge in [-0.05, 0) is 36.1 Å². The molecule has 3 heterocycles. The number of anilines is 1. The van der Waals surface area contributed by atoms with E-state index in [0.717, 1.165) is 22.5 Å². The molecular weight excluding hydrogens is 362 g/mol. The molecule has 0 unspecified atom stereocenters. The number of hydrogen-bond acceptors (Lipinski definition) is 5. The van der Waals surface area contributed by atoms with Crippen LogP contribution in [0.5, 0.6) is 0 Å². The third kappa shape index (κ3) is 3.42. The maximum Gasteiger partial charge on any atom is 0.268 e. The number of nitrogens with one attached hydrogen (secondary N) is 1. The average molecular weight is 377 g/mol. The number of nitrogens with zero attached hydrogens (tertiary/aromatic N) is 2. The van der Waals surface area contributed by atoms with Crippen molar-refractivity contribution >= 4 is 33.7 Å². The number of carbonyl (C=O) groups excluding carboxylic acids is 1. The molecule has 0 aliphatic rings. The van der Waals surface area contributed by atoms with Crippen molar-refractivity contribution in [2.75, 3.05) is 5.32 Å². The van der Waals surface area contributed by atoms with E-state index in [9.17, 15) is 4.79 Å². The van der Waals surface area contributed by atoms with E-state index in [1.807, 2.05) is 54.1 Å². The molecule has 0 radical (unpaired) electrons. The van der Waals surface area contributed by atoms with Crippen molar-refractivity contribution in [3.05, 3.63) is 75.9 Å². The lowest BCUT2D eigenvalue weighted by molar-refractivity contribution is 0.103. The first-order chi connectivity index (χ1) is 12.7. The second kappa shape index (κ2) is 7.19. The monoisotopic (exact) mass is 377 g/mol. The van der Waals surface area contributed by atoms with Crippen molar-refractivity contribution in [2.24, 2.45) is 0 Å². The minimum atomic E-state index is -0.141. The molecule has 0 aliphatic heterocycles. The third-order valence-electron chi connectivity index (χ3n) is 3.89. The van der Waals surface area contributed by atoms with Crippen molar-refractivity contribution in [3.63, 3.8) is 0 Å². The summed E-state index contributed by atoms with van der Waals surface area (Å²) < 4.78 is 0. The summed E-state index contributed by atoms with van der Waals surface area (Å²) >= 11 is 2.83. The summed E-state index contributed by atoms with van der Waals surface area (Å²) in [5.41, 5.74) is 4.72. The maximum absolute atomic E-state index is 12.7. The van der Waals surface area contributed by atoms with Crippen molar-refractivity contribution in [2.45, 2.75) is 6.92 Å². The highest BCUT2D eigenvalue weighted by Crippen LogP contribution is 2.30. The number of carbonyl (C=O) groups is 1. The Labute approximate surface area is 159 Å². The molecule has 3 aromatic heterocycles. The van der Waals surface area contributed by atoms with E-state index < -0.39 is 0 Å². The van der Waals surface area contributed by atoms with E-state index in [1.54, 1.807) is 6.20 Å². The van der Waals surface area contributed by atoms with Gasteiger partial charge in [-0.1, -0.05) is 35.9 Å². The first-order valence-electron chi connectivity index (χ1n) is 8.03. The van der Waals surface area contributed by atoms with Crippen molar-refractivity contribution in [1.82, 2.24) is 9.97 Å². The Morgan fingerprint density at radius 3 is 2.62 bits per heavy atom. The van der Waals surface area contributed by atoms with Crippen LogP contribution in [0, 0.1) is 6.92 Å². The Bertz CT molecular complexity index is 1040. The molecule has 0 atom stereocenters. The number of amides is 1. The molecule has 0 spiro atoms. The Morgan fingerprint density at radius 2 is 1.85 bits per heavy atom. The van der Waals surface area contributed by atoms with Crippen molar-refractivity contribution in [3.8, 4) is 22.5 Å². The SMILES string of the molecule is Cc1ccc(-c2ccsc2C(=O)Nc2nc(-c3ccccn3)cs2)cc1.